The summed E-state index contributed by atoms with van der Waals surface area (Å²) < 4.78 is 0. The molecule has 1 fully saturated rings. The average molecular weight is 178 g/mol. The molecule has 1 saturated heterocycles. The fourth-order valence-electron chi connectivity index (χ4n) is 0.736. The van der Waals surface area contributed by atoms with Crippen molar-refractivity contribution in [2.45, 2.75) is 18.9 Å². The molecule has 1 atom stereocenters. The largest absolute Gasteiger partial charge is 0.353 e. The van der Waals surface area contributed by atoms with E-state index in [9.17, 15) is 4.79 Å². The van der Waals surface area contributed by atoms with Gasteiger partial charge in [-0.05, 0) is 6.42 Å². The Labute approximate surface area is 56.8 Å². The fraction of sp³-hybridized carbons (Fsp3) is 0.800. The highest BCUT2D eigenvalue weighted by Gasteiger charge is 2.23. The van der Waals surface area contributed by atoms with Crippen LogP contribution in [0.3, 0.4) is 0 Å². The highest BCUT2D eigenvalue weighted by atomic mass is 79.9. The molecule has 1 unspecified atom stereocenters. The molecule has 46 valence electrons. The van der Waals surface area contributed by atoms with Crippen LogP contribution in [-0.2, 0) is 4.79 Å². The third-order valence-corrected chi connectivity index (χ3v) is 1.71. The van der Waals surface area contributed by atoms with Crippen molar-refractivity contribution in [2.75, 3.05) is 5.33 Å². The van der Waals surface area contributed by atoms with E-state index in [0.29, 0.717) is 6.04 Å². The zero-order chi connectivity index (χ0) is 5.98. The van der Waals surface area contributed by atoms with Gasteiger partial charge in [0, 0.05) is 17.8 Å². The average Bonchev–Trinajstić information content (AvgIpc) is 1.64. The minimum Gasteiger partial charge on any atom is -0.353 e. The molecule has 1 aliphatic rings. The molecule has 0 aromatic carbocycles. The van der Waals surface area contributed by atoms with Crippen LogP contribution in [0.2, 0.25) is 0 Å². The number of hydrogen-bond donors (Lipinski definition) is 1. The van der Waals surface area contributed by atoms with E-state index in [1.54, 1.807) is 0 Å². The Morgan fingerprint density at radius 3 is 2.88 bits per heavy atom. The van der Waals surface area contributed by atoms with E-state index in [2.05, 4.69) is 21.2 Å². The number of carbonyl (C=O) groups is 1. The van der Waals surface area contributed by atoms with Gasteiger partial charge in [-0.2, -0.15) is 0 Å². The summed E-state index contributed by atoms with van der Waals surface area (Å²) in [5.74, 6) is 0.191. The second-order valence-electron chi connectivity index (χ2n) is 1.95. The quantitative estimate of drug-likeness (QED) is 0.488. The Morgan fingerprint density at radius 2 is 2.50 bits per heavy atom. The van der Waals surface area contributed by atoms with Gasteiger partial charge in [0.1, 0.15) is 0 Å². The number of halogens is 1. The van der Waals surface area contributed by atoms with Crippen LogP contribution in [0.5, 0.6) is 0 Å². The molecule has 8 heavy (non-hydrogen) atoms. The molecule has 1 N–H and O–H groups in total. The molecule has 1 aliphatic heterocycles. The molecule has 1 heterocycles. The van der Waals surface area contributed by atoms with E-state index >= 15 is 0 Å². The first-order valence-corrected chi connectivity index (χ1v) is 3.80. The van der Waals surface area contributed by atoms with Crippen LogP contribution in [0.4, 0.5) is 0 Å². The minimum atomic E-state index is 0.191. The third kappa shape index (κ3) is 1.22. The second kappa shape index (κ2) is 2.49. The van der Waals surface area contributed by atoms with Gasteiger partial charge >= 0.3 is 0 Å². The molecule has 1 amide bonds. The maximum absolute atomic E-state index is 10.3. The fourth-order valence-corrected chi connectivity index (χ4v) is 1.29. The maximum atomic E-state index is 10.3. The Morgan fingerprint density at radius 1 is 1.88 bits per heavy atom. The van der Waals surface area contributed by atoms with E-state index in [1.807, 2.05) is 0 Å². The molecule has 3 heteroatoms. The topological polar surface area (TPSA) is 29.1 Å². The SMILES string of the molecule is O=C1CC(CCBr)N1. The van der Waals surface area contributed by atoms with E-state index < -0.39 is 0 Å². The van der Waals surface area contributed by atoms with Gasteiger partial charge in [0.25, 0.3) is 0 Å². The summed E-state index contributed by atoms with van der Waals surface area (Å²) >= 11 is 3.29. The van der Waals surface area contributed by atoms with Gasteiger partial charge in [-0.3, -0.25) is 4.79 Å². The summed E-state index contributed by atoms with van der Waals surface area (Å²) in [4.78, 5) is 10.3. The lowest BCUT2D eigenvalue weighted by molar-refractivity contribution is -0.128. The Balaban J connectivity index is 2.06. The van der Waals surface area contributed by atoms with Crippen molar-refractivity contribution in [3.05, 3.63) is 0 Å². The van der Waals surface area contributed by atoms with Crippen LogP contribution < -0.4 is 5.32 Å². The number of carbonyl (C=O) groups excluding carboxylic acids is 1. The van der Waals surface area contributed by atoms with Gasteiger partial charge in [0.2, 0.25) is 5.91 Å². The predicted octanol–water partition coefficient (Wildman–Crippen LogP) is 0.660. The number of rotatable bonds is 2. The Hall–Kier alpha value is -0.0500. The van der Waals surface area contributed by atoms with E-state index in [4.69, 9.17) is 0 Å². The first-order valence-electron chi connectivity index (χ1n) is 2.68. The van der Waals surface area contributed by atoms with E-state index in [-0.39, 0.29) is 5.91 Å². The van der Waals surface area contributed by atoms with Gasteiger partial charge in [-0.1, -0.05) is 15.9 Å². The molecule has 0 spiro atoms. The van der Waals surface area contributed by atoms with Crippen molar-refractivity contribution in [2.24, 2.45) is 0 Å². The van der Waals surface area contributed by atoms with Gasteiger partial charge < -0.3 is 5.32 Å². The monoisotopic (exact) mass is 177 g/mol. The number of nitrogens with one attached hydrogen (secondary N) is 1. The molecule has 0 bridgehead atoms. The van der Waals surface area contributed by atoms with E-state index in [0.717, 1.165) is 18.2 Å². The predicted molar refractivity (Wildman–Crippen MR) is 35.0 cm³/mol. The lowest BCUT2D eigenvalue weighted by atomic mass is 10.0. The zero-order valence-corrected chi connectivity index (χ0v) is 6.07. The molecule has 2 nitrogen and oxygen atoms in total. The number of amides is 1. The smallest absolute Gasteiger partial charge is 0.222 e. The zero-order valence-electron chi connectivity index (χ0n) is 4.48. The van der Waals surface area contributed by atoms with Gasteiger partial charge in [0.05, 0.1) is 0 Å². The first-order chi connectivity index (χ1) is 3.83. The summed E-state index contributed by atoms with van der Waals surface area (Å²) in [5.41, 5.74) is 0. The molecular weight excluding hydrogens is 170 g/mol. The van der Waals surface area contributed by atoms with Crippen molar-refractivity contribution >= 4 is 21.8 Å². The standard InChI is InChI=1S/C5H8BrNO/c6-2-1-4-3-5(8)7-4/h4H,1-3H2,(H,7,8). The molecule has 0 aliphatic carbocycles. The molecule has 0 aromatic heterocycles. The lowest BCUT2D eigenvalue weighted by Crippen LogP contribution is -2.48. The summed E-state index contributed by atoms with van der Waals surface area (Å²) in [5, 5.41) is 3.76. The van der Waals surface area contributed by atoms with Crippen LogP contribution in [0, 0.1) is 0 Å². The van der Waals surface area contributed by atoms with Gasteiger partial charge in [-0.15, -0.1) is 0 Å². The van der Waals surface area contributed by atoms with Crippen LogP contribution >= 0.6 is 15.9 Å². The molecule has 0 aromatic rings. The van der Waals surface area contributed by atoms with Gasteiger partial charge in [-0.25, -0.2) is 0 Å². The lowest BCUT2D eigenvalue weighted by Gasteiger charge is -2.25. The number of β-lactam (4-membered cyclic amide) rings is 1. The second-order valence-corrected chi connectivity index (χ2v) is 2.74. The van der Waals surface area contributed by atoms with Crippen molar-refractivity contribution < 1.29 is 4.79 Å². The highest BCUT2D eigenvalue weighted by Crippen LogP contribution is 2.08. The van der Waals surface area contributed by atoms with Crippen LogP contribution in [0.15, 0.2) is 0 Å². The van der Waals surface area contributed by atoms with Crippen molar-refractivity contribution in [3.8, 4) is 0 Å². The van der Waals surface area contributed by atoms with Crippen molar-refractivity contribution in [3.63, 3.8) is 0 Å². The molecule has 0 radical (unpaired) electrons. The first kappa shape index (κ1) is 6.08. The van der Waals surface area contributed by atoms with Crippen molar-refractivity contribution in [1.82, 2.24) is 5.32 Å². The number of alkyl halides is 1. The molecule has 0 saturated carbocycles. The Kier molecular flexibility index (Phi) is 1.89. The molecular formula is C5H8BrNO. The van der Waals surface area contributed by atoms with Gasteiger partial charge in [0.15, 0.2) is 0 Å². The van der Waals surface area contributed by atoms with Crippen molar-refractivity contribution in [1.29, 1.82) is 0 Å². The minimum absolute atomic E-state index is 0.191. The summed E-state index contributed by atoms with van der Waals surface area (Å²) in [6, 6.07) is 0.460. The van der Waals surface area contributed by atoms with Crippen LogP contribution in [0.1, 0.15) is 12.8 Å². The Bertz CT molecular complexity index is 96.6. The highest BCUT2D eigenvalue weighted by molar-refractivity contribution is 9.09. The molecule has 1 rings (SSSR count). The van der Waals surface area contributed by atoms with E-state index in [1.165, 1.54) is 0 Å². The third-order valence-electron chi connectivity index (χ3n) is 1.25. The summed E-state index contributed by atoms with van der Waals surface area (Å²) in [7, 11) is 0. The van der Waals surface area contributed by atoms with Crippen LogP contribution in [0.25, 0.3) is 0 Å². The maximum Gasteiger partial charge on any atom is 0.222 e. The number of hydrogen-bond acceptors (Lipinski definition) is 1. The normalized spacial score (nSPS) is 26.6. The summed E-state index contributed by atoms with van der Waals surface area (Å²) in [6.45, 7) is 0. The summed E-state index contributed by atoms with van der Waals surface area (Å²) in [6.07, 6.45) is 1.79. The van der Waals surface area contributed by atoms with Crippen LogP contribution in [-0.4, -0.2) is 17.3 Å².